The zero-order valence-corrected chi connectivity index (χ0v) is 20.4. The summed E-state index contributed by atoms with van der Waals surface area (Å²) < 4.78 is 15.6. The fourth-order valence-electron chi connectivity index (χ4n) is 4.11. The van der Waals surface area contributed by atoms with Crippen molar-refractivity contribution < 1.29 is 14.1 Å². The average molecular weight is 494 g/mol. The number of carbonyl (C=O) groups is 1. The normalized spacial score (nSPS) is 11.8. The number of rotatable bonds is 7. The van der Waals surface area contributed by atoms with Crippen LogP contribution in [0.5, 0.6) is 0 Å². The number of aryl methyl sites for hydroxylation is 1. The number of hydrogen-bond acceptors (Lipinski definition) is 4. The number of benzene rings is 3. The highest BCUT2D eigenvalue weighted by atomic mass is 32.2. The third-order valence-electron chi connectivity index (χ3n) is 6.04. The van der Waals surface area contributed by atoms with E-state index in [-0.39, 0.29) is 5.56 Å². The Morgan fingerprint density at radius 2 is 1.64 bits per heavy atom. The zero-order valence-electron chi connectivity index (χ0n) is 19.5. The van der Waals surface area contributed by atoms with E-state index in [0.29, 0.717) is 17.3 Å². The lowest BCUT2D eigenvalue weighted by Crippen LogP contribution is -2.27. The van der Waals surface area contributed by atoms with Crippen LogP contribution in [-0.2, 0) is 17.5 Å². The van der Waals surface area contributed by atoms with Gasteiger partial charge in [-0.2, -0.15) is 0 Å². The molecule has 0 amide bonds. The first-order chi connectivity index (χ1) is 17.5. The monoisotopic (exact) mass is 493 g/mol. The SMILES string of the molecule is Cc1c(N(Cc2ccc(-c3cccnc3)cc2)S(=O)c2ccc(C(=O)O)cc2)ncc2ccccc12. The van der Waals surface area contributed by atoms with Gasteiger partial charge in [0.15, 0.2) is 11.0 Å². The molecular weight excluding hydrogens is 470 g/mol. The van der Waals surface area contributed by atoms with E-state index in [1.54, 1.807) is 28.8 Å². The molecule has 3 aromatic carbocycles. The summed E-state index contributed by atoms with van der Waals surface area (Å²) in [5, 5.41) is 11.3. The maximum atomic E-state index is 13.8. The summed E-state index contributed by atoms with van der Waals surface area (Å²) in [6, 6.07) is 26.1. The zero-order chi connectivity index (χ0) is 25.1. The van der Waals surface area contributed by atoms with Crippen LogP contribution in [-0.4, -0.2) is 25.3 Å². The van der Waals surface area contributed by atoms with Gasteiger partial charge in [-0.25, -0.2) is 14.0 Å². The topological polar surface area (TPSA) is 83.4 Å². The van der Waals surface area contributed by atoms with Crippen LogP contribution < -0.4 is 4.31 Å². The highest BCUT2D eigenvalue weighted by Crippen LogP contribution is 2.30. The van der Waals surface area contributed by atoms with Crippen LogP contribution in [0.25, 0.3) is 21.9 Å². The lowest BCUT2D eigenvalue weighted by atomic mass is 10.1. The van der Waals surface area contributed by atoms with E-state index in [1.807, 2.05) is 73.8 Å². The number of carboxylic acid groups (broad SMARTS) is 1. The number of anilines is 1. The average Bonchev–Trinajstić information content (AvgIpc) is 2.93. The third-order valence-corrected chi connectivity index (χ3v) is 7.42. The number of nitrogens with zero attached hydrogens (tertiary/aromatic N) is 3. The Morgan fingerprint density at radius 3 is 2.33 bits per heavy atom. The second-order valence-corrected chi connectivity index (χ2v) is 9.76. The second kappa shape index (κ2) is 10.1. The van der Waals surface area contributed by atoms with Crippen LogP contribution in [0.2, 0.25) is 0 Å². The Balaban J connectivity index is 1.53. The van der Waals surface area contributed by atoms with Gasteiger partial charge in [-0.15, -0.1) is 0 Å². The van der Waals surface area contributed by atoms with Crippen molar-refractivity contribution in [3.8, 4) is 11.1 Å². The Labute approximate surface area is 211 Å². The van der Waals surface area contributed by atoms with Crippen LogP contribution in [0.4, 0.5) is 5.82 Å². The minimum Gasteiger partial charge on any atom is -0.478 e. The Morgan fingerprint density at radius 1 is 0.889 bits per heavy atom. The van der Waals surface area contributed by atoms with Gasteiger partial charge in [0.25, 0.3) is 0 Å². The van der Waals surface area contributed by atoms with E-state index in [1.165, 1.54) is 12.1 Å². The number of aromatic carboxylic acids is 1. The molecule has 7 heteroatoms. The predicted octanol–water partition coefficient (Wildman–Crippen LogP) is 6.03. The van der Waals surface area contributed by atoms with E-state index in [2.05, 4.69) is 4.98 Å². The van der Waals surface area contributed by atoms with Gasteiger partial charge in [-0.1, -0.05) is 54.6 Å². The smallest absolute Gasteiger partial charge is 0.335 e. The number of fused-ring (bicyclic) bond motifs is 1. The fraction of sp³-hybridized carbons (Fsp3) is 0.0690. The lowest BCUT2D eigenvalue weighted by Gasteiger charge is -2.25. The van der Waals surface area contributed by atoms with Crippen LogP contribution in [0, 0.1) is 6.92 Å². The summed E-state index contributed by atoms with van der Waals surface area (Å²) in [5.41, 5.74) is 4.11. The van der Waals surface area contributed by atoms with Crippen molar-refractivity contribution in [2.45, 2.75) is 18.4 Å². The lowest BCUT2D eigenvalue weighted by molar-refractivity contribution is 0.0697. The highest BCUT2D eigenvalue weighted by molar-refractivity contribution is 7.86. The number of aromatic nitrogens is 2. The predicted molar refractivity (Wildman–Crippen MR) is 142 cm³/mol. The van der Waals surface area contributed by atoms with E-state index in [9.17, 15) is 14.1 Å². The van der Waals surface area contributed by atoms with Crippen molar-refractivity contribution in [2.75, 3.05) is 4.31 Å². The molecule has 178 valence electrons. The van der Waals surface area contributed by atoms with Crippen molar-refractivity contribution in [1.29, 1.82) is 0 Å². The molecule has 0 saturated heterocycles. The first-order valence-electron chi connectivity index (χ1n) is 11.4. The Kier molecular flexibility index (Phi) is 6.56. The van der Waals surface area contributed by atoms with Crippen LogP contribution in [0.15, 0.2) is 108 Å². The summed E-state index contributed by atoms with van der Waals surface area (Å²) in [6.45, 7) is 2.33. The minimum atomic E-state index is -1.62. The van der Waals surface area contributed by atoms with E-state index >= 15 is 0 Å². The number of carboxylic acids is 1. The molecule has 0 saturated carbocycles. The number of pyridine rings is 2. The molecular formula is C29H23N3O3S. The summed E-state index contributed by atoms with van der Waals surface area (Å²) >= 11 is 0. The van der Waals surface area contributed by atoms with Crippen LogP contribution >= 0.6 is 0 Å². The second-order valence-electron chi connectivity index (χ2n) is 8.35. The number of hydrogen-bond donors (Lipinski definition) is 1. The van der Waals surface area contributed by atoms with Crippen LogP contribution in [0.3, 0.4) is 0 Å². The van der Waals surface area contributed by atoms with Crippen LogP contribution in [0.1, 0.15) is 21.5 Å². The molecule has 2 aromatic heterocycles. The molecule has 5 aromatic rings. The third kappa shape index (κ3) is 4.74. The molecule has 0 radical (unpaired) electrons. The quantitative estimate of drug-likeness (QED) is 0.299. The summed E-state index contributed by atoms with van der Waals surface area (Å²) in [5.74, 6) is -0.407. The van der Waals surface area contributed by atoms with Gasteiger partial charge in [0.2, 0.25) is 0 Å². The van der Waals surface area contributed by atoms with Gasteiger partial charge in [0.05, 0.1) is 17.0 Å². The van der Waals surface area contributed by atoms with Gasteiger partial charge in [-0.05, 0) is 59.3 Å². The maximum absolute atomic E-state index is 13.8. The molecule has 0 spiro atoms. The molecule has 2 heterocycles. The van der Waals surface area contributed by atoms with Gasteiger partial charge in [-0.3, -0.25) is 9.29 Å². The summed E-state index contributed by atoms with van der Waals surface area (Å²) in [6.07, 6.45) is 5.35. The fourth-order valence-corrected chi connectivity index (χ4v) is 5.34. The molecule has 0 bridgehead atoms. The Hall–Kier alpha value is -4.36. The molecule has 5 rings (SSSR count). The van der Waals surface area contributed by atoms with E-state index in [4.69, 9.17) is 4.98 Å². The van der Waals surface area contributed by atoms with Crippen molar-refractivity contribution in [3.05, 3.63) is 120 Å². The summed E-state index contributed by atoms with van der Waals surface area (Å²) in [7, 11) is -1.62. The van der Waals surface area contributed by atoms with E-state index in [0.717, 1.165) is 33.0 Å². The highest BCUT2D eigenvalue weighted by Gasteiger charge is 2.21. The molecule has 0 fully saturated rings. The molecule has 0 aliphatic rings. The van der Waals surface area contributed by atoms with E-state index < -0.39 is 17.0 Å². The van der Waals surface area contributed by atoms with Crippen molar-refractivity contribution in [1.82, 2.24) is 9.97 Å². The molecule has 0 aliphatic carbocycles. The van der Waals surface area contributed by atoms with Crippen molar-refractivity contribution in [2.24, 2.45) is 0 Å². The molecule has 1 unspecified atom stereocenters. The van der Waals surface area contributed by atoms with Gasteiger partial charge < -0.3 is 5.11 Å². The first-order valence-corrected chi connectivity index (χ1v) is 12.5. The van der Waals surface area contributed by atoms with Crippen molar-refractivity contribution in [3.63, 3.8) is 0 Å². The van der Waals surface area contributed by atoms with Gasteiger partial charge in [0.1, 0.15) is 5.82 Å². The van der Waals surface area contributed by atoms with Gasteiger partial charge in [0, 0.05) is 29.5 Å². The molecule has 1 N–H and O–H groups in total. The molecule has 36 heavy (non-hydrogen) atoms. The first kappa shape index (κ1) is 23.4. The Bertz CT molecular complexity index is 1550. The molecule has 6 nitrogen and oxygen atoms in total. The van der Waals surface area contributed by atoms with Gasteiger partial charge >= 0.3 is 5.97 Å². The largest absolute Gasteiger partial charge is 0.478 e. The molecule has 0 aliphatic heterocycles. The molecule has 1 atom stereocenters. The summed E-state index contributed by atoms with van der Waals surface area (Å²) in [4.78, 5) is 20.7. The van der Waals surface area contributed by atoms with Crippen molar-refractivity contribution >= 4 is 33.5 Å². The standard InChI is InChI=1S/C29H23N3O3S/c1-20-27-7-3-2-5-25(27)18-31-28(20)32(36(35)26-14-12-23(13-15-26)29(33)34)19-21-8-10-22(11-9-21)24-6-4-16-30-17-24/h2-18H,19H2,1H3,(H,33,34). The minimum absolute atomic E-state index is 0.147. The maximum Gasteiger partial charge on any atom is 0.335 e.